The zero-order chi connectivity index (χ0) is 35.7. The van der Waals surface area contributed by atoms with Gasteiger partial charge in [-0.05, 0) is 78.6 Å². The lowest BCUT2D eigenvalue weighted by Crippen LogP contribution is -2.30. The maximum absolute atomic E-state index is 13.6. The number of nitrogens with one attached hydrogen (secondary N) is 3. The molecule has 1 unspecified atom stereocenters. The van der Waals surface area contributed by atoms with Gasteiger partial charge in [-0.15, -0.1) is 23.1 Å². The number of benzene rings is 4. The maximum atomic E-state index is 13.6. The van der Waals surface area contributed by atoms with Gasteiger partial charge in [0, 0.05) is 45.1 Å². The van der Waals surface area contributed by atoms with Crippen LogP contribution in [0.4, 0.5) is 10.7 Å². The van der Waals surface area contributed by atoms with E-state index in [1.807, 2.05) is 61.5 Å². The van der Waals surface area contributed by atoms with Crippen molar-refractivity contribution in [2.75, 3.05) is 17.2 Å². The van der Waals surface area contributed by atoms with E-state index in [1.165, 1.54) is 28.7 Å². The summed E-state index contributed by atoms with van der Waals surface area (Å²) in [5.74, 6) is -1.12. The molecular formula is C40H34BrN5O3S2. The summed E-state index contributed by atoms with van der Waals surface area (Å²) in [5, 5.41) is 18.8. The minimum Gasteiger partial charge on any atom is -0.321 e. The Hall–Kier alpha value is -4.99. The summed E-state index contributed by atoms with van der Waals surface area (Å²) in [6, 6.07) is 35.9. The lowest BCUT2D eigenvalue weighted by Gasteiger charge is -2.26. The minimum atomic E-state index is -0.500. The highest BCUT2D eigenvalue weighted by Gasteiger charge is 2.26. The third-order valence-corrected chi connectivity index (χ3v) is 10.9. The molecule has 3 N–H and O–H groups in total. The van der Waals surface area contributed by atoms with Gasteiger partial charge < -0.3 is 16.0 Å². The van der Waals surface area contributed by atoms with Gasteiger partial charge in [0.2, 0.25) is 5.91 Å². The second-order valence-electron chi connectivity index (χ2n) is 11.9. The molecule has 0 aliphatic carbocycles. The van der Waals surface area contributed by atoms with Crippen LogP contribution < -0.4 is 16.0 Å². The molecule has 1 atom stereocenters. The molecular weight excluding hydrogens is 743 g/mol. The molecule has 4 aromatic carbocycles. The molecule has 0 radical (unpaired) electrons. The van der Waals surface area contributed by atoms with Gasteiger partial charge in [0.05, 0.1) is 10.8 Å². The Kier molecular flexibility index (Phi) is 11.8. The van der Waals surface area contributed by atoms with Crippen molar-refractivity contribution >= 4 is 73.5 Å². The van der Waals surface area contributed by atoms with Crippen molar-refractivity contribution in [2.45, 2.75) is 36.6 Å². The molecule has 5 aromatic rings. The third kappa shape index (κ3) is 9.42. The number of halogens is 1. The largest absolute Gasteiger partial charge is 0.321 e. The van der Waals surface area contributed by atoms with Crippen molar-refractivity contribution in [1.29, 1.82) is 5.26 Å². The Morgan fingerprint density at radius 2 is 1.71 bits per heavy atom. The number of amides is 3. The van der Waals surface area contributed by atoms with E-state index < -0.39 is 17.1 Å². The summed E-state index contributed by atoms with van der Waals surface area (Å²) in [6.45, 7) is 4.22. The van der Waals surface area contributed by atoms with E-state index in [4.69, 9.17) is 0 Å². The number of nitrogens with zero attached hydrogens (tertiary/aromatic N) is 2. The lowest BCUT2D eigenvalue weighted by atomic mass is 10.0. The molecule has 2 heterocycles. The van der Waals surface area contributed by atoms with Gasteiger partial charge in [0.1, 0.15) is 16.8 Å². The first-order chi connectivity index (χ1) is 24.7. The summed E-state index contributed by atoms with van der Waals surface area (Å²) in [4.78, 5) is 44.2. The third-order valence-electron chi connectivity index (χ3n) is 8.20. The van der Waals surface area contributed by atoms with Crippen molar-refractivity contribution in [1.82, 2.24) is 10.2 Å². The number of hydrogen-bond donors (Lipinski definition) is 3. The Morgan fingerprint density at radius 3 is 2.45 bits per heavy atom. The first kappa shape index (κ1) is 35.8. The molecule has 256 valence electrons. The Labute approximate surface area is 313 Å². The number of carbonyl (C=O) groups is 3. The average molecular weight is 777 g/mol. The van der Waals surface area contributed by atoms with E-state index in [1.54, 1.807) is 48.5 Å². The quantitative estimate of drug-likeness (QED) is 0.0917. The van der Waals surface area contributed by atoms with Gasteiger partial charge in [0.15, 0.2) is 0 Å². The van der Waals surface area contributed by atoms with Crippen LogP contribution in [0.15, 0.2) is 124 Å². The van der Waals surface area contributed by atoms with E-state index in [-0.39, 0.29) is 11.6 Å². The Bertz CT molecular complexity index is 2130. The first-order valence-electron chi connectivity index (χ1n) is 16.3. The fourth-order valence-corrected chi connectivity index (χ4v) is 8.25. The molecule has 0 bridgehead atoms. The maximum Gasteiger partial charge on any atom is 0.272 e. The van der Waals surface area contributed by atoms with Crippen molar-refractivity contribution < 1.29 is 14.4 Å². The summed E-state index contributed by atoms with van der Waals surface area (Å²) < 4.78 is 0.835. The van der Waals surface area contributed by atoms with Gasteiger partial charge in [-0.3, -0.25) is 19.3 Å². The predicted molar refractivity (Wildman–Crippen MR) is 208 cm³/mol. The zero-order valence-corrected chi connectivity index (χ0v) is 30.9. The molecule has 0 saturated heterocycles. The monoisotopic (exact) mass is 775 g/mol. The number of carbonyl (C=O) groups excluding carboxylic acids is 3. The summed E-state index contributed by atoms with van der Waals surface area (Å²) in [6.07, 6.45) is 2.38. The Morgan fingerprint density at radius 1 is 0.961 bits per heavy atom. The first-order valence-corrected chi connectivity index (χ1v) is 18.8. The highest BCUT2D eigenvalue weighted by molar-refractivity contribution is 9.10. The number of hydrogen-bond acceptors (Lipinski definition) is 7. The van der Waals surface area contributed by atoms with E-state index >= 15 is 0 Å². The lowest BCUT2D eigenvalue weighted by molar-refractivity contribution is -0.115. The van der Waals surface area contributed by atoms with Crippen molar-refractivity contribution in [3.05, 3.63) is 152 Å². The van der Waals surface area contributed by atoms with Crippen LogP contribution in [0, 0.1) is 11.3 Å². The van der Waals surface area contributed by atoms with Gasteiger partial charge >= 0.3 is 0 Å². The zero-order valence-electron chi connectivity index (χ0n) is 27.7. The van der Waals surface area contributed by atoms with E-state index in [2.05, 4.69) is 55.0 Å². The normalized spacial score (nSPS) is 13.4. The van der Waals surface area contributed by atoms with Gasteiger partial charge in [-0.1, -0.05) is 82.7 Å². The average Bonchev–Trinajstić information content (AvgIpc) is 3.48. The molecule has 0 fully saturated rings. The number of fused-ring (bicyclic) bond motifs is 1. The molecule has 8 nitrogen and oxygen atoms in total. The number of thioether (sulfide) groups is 1. The second-order valence-corrected chi connectivity index (χ2v) is 15.4. The van der Waals surface area contributed by atoms with Crippen LogP contribution in [-0.2, 0) is 29.1 Å². The van der Waals surface area contributed by atoms with Crippen LogP contribution in [0.3, 0.4) is 0 Å². The summed E-state index contributed by atoms with van der Waals surface area (Å²) >= 11 is 6.28. The van der Waals surface area contributed by atoms with Crippen LogP contribution >= 0.6 is 39.0 Å². The smallest absolute Gasteiger partial charge is 0.272 e. The SMILES string of the molecule is CC(Sc1cccc(NC(=O)/C(=C\c2cccc(Br)c2)NC(=O)c2ccccc2)c1)C(=O)Nc1sc2c(c1C#N)CCN(Cc1ccccc1)C2. The van der Waals surface area contributed by atoms with Gasteiger partial charge in [-0.2, -0.15) is 5.26 Å². The standard InChI is InChI=1S/C40H34BrN5O3S2/c1-26(37(47)45-40-34(23-42)33-18-19-46(25-36(33)51-40)24-27-10-4-2-5-11-27)50-32-17-9-16-31(22-32)43-39(49)35(21-28-12-8-15-30(41)20-28)44-38(48)29-13-6-3-7-14-29/h2-17,20-22,26H,18-19,24-25H2,1H3,(H,43,49)(H,44,48)(H,45,47)/b35-21+. The van der Waals surface area contributed by atoms with Crippen molar-refractivity contribution in [2.24, 2.45) is 0 Å². The number of rotatable bonds is 11. The second kappa shape index (κ2) is 16.8. The minimum absolute atomic E-state index is 0.0721. The number of anilines is 2. The molecule has 1 aliphatic heterocycles. The molecule has 11 heteroatoms. The fraction of sp³-hybridized carbons (Fsp3) is 0.150. The number of nitriles is 1. The van der Waals surface area contributed by atoms with E-state index in [0.29, 0.717) is 21.8 Å². The van der Waals surface area contributed by atoms with Crippen molar-refractivity contribution in [3.8, 4) is 6.07 Å². The molecule has 3 amide bonds. The summed E-state index contributed by atoms with van der Waals surface area (Å²) in [7, 11) is 0. The van der Waals surface area contributed by atoms with Gasteiger partial charge in [0.25, 0.3) is 11.8 Å². The highest BCUT2D eigenvalue weighted by Crippen LogP contribution is 2.38. The van der Waals surface area contributed by atoms with E-state index in [9.17, 15) is 19.6 Å². The molecule has 1 aliphatic rings. The van der Waals surface area contributed by atoms with Crippen LogP contribution in [0.1, 0.15) is 44.4 Å². The molecule has 1 aromatic heterocycles. The highest BCUT2D eigenvalue weighted by atomic mass is 79.9. The van der Waals surface area contributed by atoms with Crippen LogP contribution in [0.5, 0.6) is 0 Å². The molecule has 0 spiro atoms. The molecule has 6 rings (SSSR count). The van der Waals surface area contributed by atoms with Gasteiger partial charge in [-0.25, -0.2) is 0 Å². The van der Waals surface area contributed by atoms with E-state index in [0.717, 1.165) is 51.4 Å². The fourth-order valence-electron chi connectivity index (χ4n) is 5.66. The predicted octanol–water partition coefficient (Wildman–Crippen LogP) is 8.47. The molecule has 0 saturated carbocycles. The topological polar surface area (TPSA) is 114 Å². The van der Waals surface area contributed by atoms with Crippen LogP contribution in [-0.4, -0.2) is 34.4 Å². The molecule has 51 heavy (non-hydrogen) atoms. The Balaban J connectivity index is 1.11. The number of thiophene rings is 1. The van der Waals surface area contributed by atoms with Crippen LogP contribution in [0.25, 0.3) is 6.08 Å². The van der Waals surface area contributed by atoms with Crippen LogP contribution in [0.2, 0.25) is 0 Å². The summed E-state index contributed by atoms with van der Waals surface area (Å²) in [5.41, 5.74) is 4.55. The van der Waals surface area contributed by atoms with Crippen molar-refractivity contribution in [3.63, 3.8) is 0 Å².